The first kappa shape index (κ1) is 42.0. The number of aliphatic hydroxyl groups excluding tert-OH is 2. The summed E-state index contributed by atoms with van der Waals surface area (Å²) in [4.78, 5) is 13.7. The van der Waals surface area contributed by atoms with Crippen molar-refractivity contribution < 1.29 is 71.8 Å². The maximum atomic E-state index is 13.7. The van der Waals surface area contributed by atoms with Crippen LogP contribution in [0.1, 0.15) is 86.0 Å². The molecule has 5 saturated heterocycles. The number of rotatable bonds is 9. The van der Waals surface area contributed by atoms with Gasteiger partial charge in [0.25, 0.3) is 0 Å². The van der Waals surface area contributed by atoms with Crippen molar-refractivity contribution in [3.05, 3.63) is 23.5 Å². The predicted octanol–water partition coefficient (Wildman–Crippen LogP) is 3.66. The van der Waals surface area contributed by atoms with Crippen LogP contribution in [0.15, 0.2) is 23.5 Å². The fraction of sp³-hybridized carbons (Fsp3) is 0.881. The second-order valence-corrected chi connectivity index (χ2v) is 17.9. The first-order chi connectivity index (χ1) is 27.3. The van der Waals surface area contributed by atoms with Gasteiger partial charge in [-0.25, -0.2) is 0 Å². The maximum Gasteiger partial charge on any atom is 0.309 e. The van der Waals surface area contributed by atoms with Crippen molar-refractivity contribution in [3.8, 4) is 0 Å². The summed E-state index contributed by atoms with van der Waals surface area (Å²) in [5.74, 6) is -1.07. The number of hydrogen-bond acceptors (Lipinski definition) is 15. The first-order valence-electron chi connectivity index (χ1n) is 21.0. The molecule has 15 heteroatoms. The maximum absolute atomic E-state index is 13.7. The molecule has 322 valence electrons. The average Bonchev–Trinajstić information content (AvgIpc) is 3.70. The van der Waals surface area contributed by atoms with E-state index in [9.17, 15) is 15.0 Å². The third-order valence-corrected chi connectivity index (χ3v) is 14.6. The smallest absolute Gasteiger partial charge is 0.309 e. The van der Waals surface area contributed by atoms with Crippen LogP contribution in [0.25, 0.3) is 0 Å². The van der Waals surface area contributed by atoms with Gasteiger partial charge in [0.15, 0.2) is 18.9 Å². The standard InChI is InChI=1S/C42H64O15/c1-20-34(43)28(46-6)16-31(51-20)56-36-21(2)52-32(17-29(36)47-7)57-37-22(3)53-40(35(44)38(37)48-8)54-25-13-14-41(4)24(15-25)10-11-26-27(41)12-9-23-18-49-42(5)33(23)30(19-50-42)55-39(26)45/h10,18,20-22,25-38,40,43-44H,9,11-17,19H2,1-8H3/t20-,21+,22-,25+,26-,27+,28+,29+,30-,31+,32+,33-,34-,35-,36-,37-,38-,40+,41+,42+/m1/s1. The predicted molar refractivity (Wildman–Crippen MR) is 199 cm³/mol. The summed E-state index contributed by atoms with van der Waals surface area (Å²) in [6.45, 7) is 10.2. The number of hydrogen-bond donors (Lipinski definition) is 2. The second kappa shape index (κ2) is 16.6. The Morgan fingerprint density at radius 2 is 1.51 bits per heavy atom. The normalized spacial score (nSPS) is 51.2. The van der Waals surface area contributed by atoms with Crippen LogP contribution in [0.2, 0.25) is 0 Å². The lowest BCUT2D eigenvalue weighted by Gasteiger charge is -2.51. The lowest BCUT2D eigenvalue weighted by Crippen LogP contribution is -2.61. The molecule has 20 atom stereocenters. The zero-order valence-electron chi connectivity index (χ0n) is 34.6. The zero-order valence-corrected chi connectivity index (χ0v) is 34.6. The Morgan fingerprint density at radius 1 is 0.807 bits per heavy atom. The van der Waals surface area contributed by atoms with Crippen molar-refractivity contribution in [2.24, 2.45) is 23.2 Å². The highest BCUT2D eigenvalue weighted by Gasteiger charge is 2.58. The van der Waals surface area contributed by atoms with Gasteiger partial charge in [0.1, 0.15) is 36.6 Å². The van der Waals surface area contributed by atoms with Gasteiger partial charge >= 0.3 is 5.97 Å². The van der Waals surface area contributed by atoms with Gasteiger partial charge in [0.05, 0.1) is 61.3 Å². The molecule has 0 aromatic carbocycles. The molecule has 57 heavy (non-hydrogen) atoms. The molecule has 0 aromatic rings. The van der Waals surface area contributed by atoms with Crippen molar-refractivity contribution in [1.82, 2.24) is 0 Å². The largest absolute Gasteiger partial charge is 0.469 e. The third kappa shape index (κ3) is 7.76. The molecule has 0 amide bonds. The number of esters is 1. The summed E-state index contributed by atoms with van der Waals surface area (Å²) in [6, 6.07) is 0. The Bertz CT molecular complexity index is 1510. The molecule has 8 aliphatic rings. The lowest BCUT2D eigenvalue weighted by atomic mass is 9.55. The number of ether oxygens (including phenoxy) is 12. The van der Waals surface area contributed by atoms with Crippen LogP contribution < -0.4 is 0 Å². The SMILES string of the molecule is CO[C@@H]1[C@@H](O)[C@H](O[C@H]2CC[C@@]3(C)C(=CC[C@H]4C(=O)O[C@@H]5CO[C@]6(C)OC=C(CC[C@@H]43)[C@H]56)C2)O[C@H](C)[C@H]1O[C@H]1C[C@H](OC)[C@H](O[C@H]2C[C@H](OC)[C@H](O)[C@@H](C)O2)[C@H](C)O1. The van der Waals surface area contributed by atoms with Gasteiger partial charge < -0.3 is 67.1 Å². The quantitative estimate of drug-likeness (QED) is 0.256. The van der Waals surface area contributed by atoms with E-state index in [0.29, 0.717) is 32.3 Å². The molecular weight excluding hydrogens is 744 g/mol. The molecule has 8 rings (SSSR count). The van der Waals surface area contributed by atoms with E-state index in [0.717, 1.165) is 25.7 Å². The minimum absolute atomic E-state index is 0.0721. The molecule has 6 heterocycles. The van der Waals surface area contributed by atoms with E-state index in [-0.39, 0.29) is 47.4 Å². The van der Waals surface area contributed by atoms with E-state index >= 15 is 0 Å². The summed E-state index contributed by atoms with van der Waals surface area (Å²) in [7, 11) is 4.74. The number of methoxy groups -OCH3 is 3. The minimum atomic E-state index is -1.13. The Morgan fingerprint density at radius 3 is 2.25 bits per heavy atom. The van der Waals surface area contributed by atoms with Gasteiger partial charge in [-0.3, -0.25) is 4.79 Å². The Hall–Kier alpha value is -1.73. The lowest BCUT2D eigenvalue weighted by molar-refractivity contribution is -0.353. The average molecular weight is 809 g/mol. The highest BCUT2D eigenvalue weighted by atomic mass is 16.8. The number of carbonyl (C=O) groups is 1. The summed E-state index contributed by atoms with van der Waals surface area (Å²) in [6.07, 6.45) is 0.723. The Labute approximate surface area is 335 Å². The van der Waals surface area contributed by atoms with Gasteiger partial charge in [0, 0.05) is 41.1 Å². The monoisotopic (exact) mass is 808 g/mol. The fourth-order valence-electron chi connectivity index (χ4n) is 11.3. The summed E-state index contributed by atoms with van der Waals surface area (Å²) in [5.41, 5.74) is 2.27. The molecule has 0 unspecified atom stereocenters. The number of allylic oxidation sites excluding steroid dienone is 1. The van der Waals surface area contributed by atoms with Crippen molar-refractivity contribution in [3.63, 3.8) is 0 Å². The third-order valence-electron chi connectivity index (χ3n) is 14.6. The first-order valence-corrected chi connectivity index (χ1v) is 21.0. The van der Waals surface area contributed by atoms with Crippen LogP contribution in [0, 0.1) is 23.2 Å². The van der Waals surface area contributed by atoms with E-state index in [1.165, 1.54) is 11.1 Å². The van der Waals surface area contributed by atoms with E-state index in [1.807, 2.05) is 27.0 Å². The zero-order chi connectivity index (χ0) is 40.4. The molecule has 1 saturated carbocycles. The molecule has 2 N–H and O–H groups in total. The van der Waals surface area contributed by atoms with Crippen molar-refractivity contribution in [2.75, 3.05) is 27.9 Å². The molecule has 15 nitrogen and oxygen atoms in total. The number of aliphatic hydroxyl groups is 2. The molecule has 0 bridgehead atoms. The van der Waals surface area contributed by atoms with Gasteiger partial charge in [-0.2, -0.15) is 0 Å². The number of carbonyl (C=O) groups excluding carboxylic acids is 1. The molecular formula is C42H64O15. The topological polar surface area (TPSA) is 168 Å². The van der Waals surface area contributed by atoms with Crippen LogP contribution in [0.4, 0.5) is 0 Å². The van der Waals surface area contributed by atoms with E-state index in [4.69, 9.17) is 56.8 Å². The number of fused-ring (bicyclic) bond motifs is 3. The van der Waals surface area contributed by atoms with Gasteiger partial charge in [0.2, 0.25) is 5.79 Å². The van der Waals surface area contributed by atoms with Gasteiger partial charge in [-0.05, 0) is 76.2 Å². The van der Waals surface area contributed by atoms with Gasteiger partial charge in [-0.1, -0.05) is 18.6 Å². The molecule has 6 aliphatic heterocycles. The molecule has 2 aliphatic carbocycles. The van der Waals surface area contributed by atoms with Crippen LogP contribution >= 0.6 is 0 Å². The molecule has 0 aromatic heterocycles. The summed E-state index contributed by atoms with van der Waals surface area (Å²) < 4.78 is 73.4. The summed E-state index contributed by atoms with van der Waals surface area (Å²) >= 11 is 0. The Kier molecular flexibility index (Phi) is 12.2. The Balaban J connectivity index is 0.877. The van der Waals surface area contributed by atoms with Crippen LogP contribution in [0.3, 0.4) is 0 Å². The molecule has 6 fully saturated rings. The van der Waals surface area contributed by atoms with Crippen LogP contribution in [0.5, 0.6) is 0 Å². The van der Waals surface area contributed by atoms with Gasteiger partial charge in [-0.15, -0.1) is 0 Å². The molecule has 0 spiro atoms. The van der Waals surface area contributed by atoms with Crippen molar-refractivity contribution in [1.29, 1.82) is 0 Å². The van der Waals surface area contributed by atoms with Crippen LogP contribution in [-0.4, -0.2) is 142 Å². The second-order valence-electron chi connectivity index (χ2n) is 17.9. The van der Waals surface area contributed by atoms with E-state index < -0.39 is 79.6 Å². The highest BCUT2D eigenvalue weighted by Crippen LogP contribution is 2.57. The van der Waals surface area contributed by atoms with Crippen molar-refractivity contribution in [2.45, 2.75) is 184 Å². The highest BCUT2D eigenvalue weighted by molar-refractivity contribution is 5.74. The van der Waals surface area contributed by atoms with Crippen LogP contribution in [-0.2, 0) is 61.6 Å². The molecule has 0 radical (unpaired) electrons. The minimum Gasteiger partial charge on any atom is -0.469 e. The summed E-state index contributed by atoms with van der Waals surface area (Å²) in [5, 5.41) is 22.0. The fourth-order valence-corrected chi connectivity index (χ4v) is 11.3. The van der Waals surface area contributed by atoms with E-state index in [2.05, 4.69) is 13.0 Å². The van der Waals surface area contributed by atoms with Crippen molar-refractivity contribution >= 4 is 5.97 Å². The van der Waals surface area contributed by atoms with E-state index in [1.54, 1.807) is 28.3 Å².